The molecule has 0 heterocycles. The molecule has 0 aliphatic heterocycles. The molecule has 0 aliphatic rings. The topological polar surface area (TPSA) is 37.3 Å². The van der Waals surface area contributed by atoms with Crippen LogP contribution in [-0.2, 0) is 4.79 Å². The normalized spacial score (nSPS) is 11.5. The number of hydrogen-bond donors (Lipinski definition) is 1. The van der Waals surface area contributed by atoms with Crippen LogP contribution in [0.15, 0.2) is 24.0 Å². The Balaban J connectivity index is 3.04. The number of hydrogen-bond acceptors (Lipinski definition) is 1. The van der Waals surface area contributed by atoms with Gasteiger partial charge in [-0.05, 0) is 23.8 Å². The second-order valence-electron chi connectivity index (χ2n) is 2.47. The Hall–Kier alpha value is -1.06. The number of halogens is 3. The van der Waals surface area contributed by atoms with Crippen molar-refractivity contribution in [2.24, 2.45) is 0 Å². The van der Waals surface area contributed by atoms with Crippen molar-refractivity contribution in [1.29, 1.82) is 0 Å². The smallest absolute Gasteiger partial charge is 0.364 e. The van der Waals surface area contributed by atoms with Crippen LogP contribution in [0.25, 0.3) is 6.08 Å². The maximum absolute atomic E-state index is 12.6. The third kappa shape index (κ3) is 2.72. The van der Waals surface area contributed by atoms with Gasteiger partial charge < -0.3 is 5.11 Å². The van der Waals surface area contributed by atoms with Crippen LogP contribution < -0.4 is 0 Å². The maximum atomic E-state index is 12.6. The van der Waals surface area contributed by atoms with E-state index in [2.05, 4.69) is 0 Å². The first-order valence-electron chi connectivity index (χ1n) is 3.56. The Labute approximate surface area is 89.6 Å². The van der Waals surface area contributed by atoms with E-state index in [1.165, 1.54) is 18.2 Å². The summed E-state index contributed by atoms with van der Waals surface area (Å²) in [6.45, 7) is 0. The SMILES string of the molecule is O=C(O)/C(F)=C/c1ccc(Cl)c(Cl)c1. The minimum Gasteiger partial charge on any atom is -0.476 e. The van der Waals surface area contributed by atoms with Gasteiger partial charge in [-0.25, -0.2) is 4.79 Å². The first-order chi connectivity index (χ1) is 6.50. The van der Waals surface area contributed by atoms with Crippen molar-refractivity contribution in [2.75, 3.05) is 0 Å². The molecule has 0 radical (unpaired) electrons. The van der Waals surface area contributed by atoms with Crippen molar-refractivity contribution in [1.82, 2.24) is 0 Å². The molecule has 0 saturated carbocycles. The zero-order valence-corrected chi connectivity index (χ0v) is 8.31. The lowest BCUT2D eigenvalue weighted by atomic mass is 10.2. The molecule has 0 aliphatic carbocycles. The largest absolute Gasteiger partial charge is 0.476 e. The van der Waals surface area contributed by atoms with Gasteiger partial charge in [-0.3, -0.25) is 0 Å². The van der Waals surface area contributed by atoms with Crippen LogP contribution in [0.1, 0.15) is 5.56 Å². The van der Waals surface area contributed by atoms with Crippen molar-refractivity contribution in [3.63, 3.8) is 0 Å². The third-order valence-electron chi connectivity index (χ3n) is 1.44. The molecule has 0 spiro atoms. The average Bonchev–Trinajstić information content (AvgIpc) is 2.11. The second-order valence-corrected chi connectivity index (χ2v) is 3.29. The van der Waals surface area contributed by atoms with E-state index < -0.39 is 11.8 Å². The summed E-state index contributed by atoms with van der Waals surface area (Å²) >= 11 is 11.3. The van der Waals surface area contributed by atoms with Crippen LogP contribution in [-0.4, -0.2) is 11.1 Å². The Kier molecular flexibility index (Phi) is 3.49. The lowest BCUT2D eigenvalue weighted by Crippen LogP contribution is -1.93. The van der Waals surface area contributed by atoms with E-state index in [1.54, 1.807) is 0 Å². The van der Waals surface area contributed by atoms with Crippen LogP contribution in [0.2, 0.25) is 10.0 Å². The molecule has 0 bridgehead atoms. The molecular formula is C9H5Cl2FO2. The van der Waals surface area contributed by atoms with Gasteiger partial charge in [0.05, 0.1) is 10.0 Å². The number of carboxylic acid groups (broad SMARTS) is 1. The Morgan fingerprint density at radius 3 is 2.50 bits per heavy atom. The van der Waals surface area contributed by atoms with E-state index in [1.807, 2.05) is 0 Å². The molecule has 74 valence electrons. The first kappa shape index (κ1) is 11.0. The molecule has 0 saturated heterocycles. The molecule has 0 atom stereocenters. The predicted molar refractivity (Wildman–Crippen MR) is 53.2 cm³/mol. The zero-order chi connectivity index (χ0) is 10.7. The molecule has 0 unspecified atom stereocenters. The summed E-state index contributed by atoms with van der Waals surface area (Å²) < 4.78 is 12.6. The average molecular weight is 235 g/mol. The highest BCUT2D eigenvalue weighted by molar-refractivity contribution is 6.42. The molecular weight excluding hydrogens is 230 g/mol. The molecule has 1 rings (SSSR count). The number of rotatable bonds is 2. The van der Waals surface area contributed by atoms with Gasteiger partial charge in [-0.1, -0.05) is 29.3 Å². The van der Waals surface area contributed by atoms with Gasteiger partial charge in [-0.15, -0.1) is 0 Å². The standard InChI is InChI=1S/C9H5Cl2FO2/c10-6-2-1-5(3-7(6)11)4-8(12)9(13)14/h1-4H,(H,13,14)/b8-4-. The summed E-state index contributed by atoms with van der Waals surface area (Å²) in [4.78, 5) is 10.2. The van der Waals surface area contributed by atoms with E-state index in [4.69, 9.17) is 28.3 Å². The van der Waals surface area contributed by atoms with E-state index in [0.717, 1.165) is 6.08 Å². The molecule has 14 heavy (non-hydrogen) atoms. The van der Waals surface area contributed by atoms with Crippen molar-refractivity contribution in [3.05, 3.63) is 39.6 Å². The van der Waals surface area contributed by atoms with Crippen LogP contribution in [0, 0.1) is 0 Å². The van der Waals surface area contributed by atoms with Gasteiger partial charge in [0.1, 0.15) is 0 Å². The zero-order valence-electron chi connectivity index (χ0n) is 6.80. The number of carboxylic acids is 1. The number of benzene rings is 1. The lowest BCUT2D eigenvalue weighted by molar-refractivity contribution is -0.134. The third-order valence-corrected chi connectivity index (χ3v) is 2.18. The molecule has 0 aromatic heterocycles. The van der Waals surface area contributed by atoms with Gasteiger partial charge in [0.2, 0.25) is 5.83 Å². The van der Waals surface area contributed by atoms with Gasteiger partial charge in [0, 0.05) is 0 Å². The van der Waals surface area contributed by atoms with E-state index in [-0.39, 0.29) is 5.02 Å². The molecule has 1 aromatic carbocycles. The molecule has 2 nitrogen and oxygen atoms in total. The number of carbonyl (C=O) groups is 1. The fraction of sp³-hybridized carbons (Fsp3) is 0. The minimum atomic E-state index is -1.61. The van der Waals surface area contributed by atoms with Gasteiger partial charge in [-0.2, -0.15) is 4.39 Å². The summed E-state index contributed by atoms with van der Waals surface area (Å²) in [7, 11) is 0. The first-order valence-corrected chi connectivity index (χ1v) is 4.32. The highest BCUT2D eigenvalue weighted by Crippen LogP contribution is 2.23. The molecule has 0 amide bonds. The summed E-state index contributed by atoms with van der Waals surface area (Å²) in [6.07, 6.45) is 0.866. The van der Waals surface area contributed by atoms with Crippen molar-refractivity contribution in [2.45, 2.75) is 0 Å². The van der Waals surface area contributed by atoms with Crippen LogP contribution >= 0.6 is 23.2 Å². The summed E-state index contributed by atoms with van der Waals surface area (Å²) in [6, 6.07) is 4.31. The van der Waals surface area contributed by atoms with Crippen LogP contribution in [0.4, 0.5) is 4.39 Å². The lowest BCUT2D eigenvalue weighted by Gasteiger charge is -1.97. The molecule has 5 heteroatoms. The van der Waals surface area contributed by atoms with Crippen LogP contribution in [0.3, 0.4) is 0 Å². The molecule has 1 N–H and O–H groups in total. The molecule has 1 aromatic rings. The predicted octanol–water partition coefficient (Wildman–Crippen LogP) is 3.39. The second kappa shape index (κ2) is 4.44. The van der Waals surface area contributed by atoms with Gasteiger partial charge in [0.25, 0.3) is 0 Å². The fourth-order valence-electron chi connectivity index (χ4n) is 0.810. The Morgan fingerprint density at radius 1 is 1.36 bits per heavy atom. The van der Waals surface area contributed by atoms with E-state index in [9.17, 15) is 9.18 Å². The highest BCUT2D eigenvalue weighted by atomic mass is 35.5. The minimum absolute atomic E-state index is 0.249. The summed E-state index contributed by atoms with van der Waals surface area (Å²) in [5.74, 6) is -2.86. The van der Waals surface area contributed by atoms with Crippen molar-refractivity contribution < 1.29 is 14.3 Å². The van der Waals surface area contributed by atoms with Gasteiger partial charge >= 0.3 is 5.97 Å². The number of aliphatic carboxylic acids is 1. The van der Waals surface area contributed by atoms with Crippen molar-refractivity contribution >= 4 is 35.2 Å². The molecule has 0 fully saturated rings. The van der Waals surface area contributed by atoms with E-state index >= 15 is 0 Å². The Bertz CT molecular complexity index is 402. The fourth-order valence-corrected chi connectivity index (χ4v) is 1.12. The summed E-state index contributed by atoms with van der Waals surface area (Å²) in [5, 5.41) is 8.85. The van der Waals surface area contributed by atoms with Gasteiger partial charge in [0.15, 0.2) is 0 Å². The highest BCUT2D eigenvalue weighted by Gasteiger charge is 2.05. The quantitative estimate of drug-likeness (QED) is 0.797. The Morgan fingerprint density at radius 2 is 2.00 bits per heavy atom. The summed E-state index contributed by atoms with van der Waals surface area (Å²) in [5.41, 5.74) is 0.347. The van der Waals surface area contributed by atoms with Crippen molar-refractivity contribution in [3.8, 4) is 0 Å². The maximum Gasteiger partial charge on any atom is 0.364 e. The monoisotopic (exact) mass is 234 g/mol. The van der Waals surface area contributed by atoms with Crippen LogP contribution in [0.5, 0.6) is 0 Å². The van der Waals surface area contributed by atoms with E-state index in [0.29, 0.717) is 10.6 Å².